The Morgan fingerprint density at radius 2 is 1.93 bits per heavy atom. The lowest BCUT2D eigenvalue weighted by molar-refractivity contribution is 0.100. The van der Waals surface area contributed by atoms with Gasteiger partial charge in [0, 0.05) is 4.88 Å². The Morgan fingerprint density at radius 1 is 1.20 bits per heavy atom. The maximum absolute atomic E-state index is 11.0. The summed E-state index contributed by atoms with van der Waals surface area (Å²) in [6.07, 6.45) is 0. The predicted molar refractivity (Wildman–Crippen MR) is 63.0 cm³/mol. The van der Waals surface area contributed by atoms with Crippen molar-refractivity contribution in [3.63, 3.8) is 0 Å². The Labute approximate surface area is 92.4 Å². The van der Waals surface area contributed by atoms with Gasteiger partial charge in [-0.05, 0) is 30.2 Å². The van der Waals surface area contributed by atoms with E-state index in [9.17, 15) is 4.79 Å². The van der Waals surface area contributed by atoms with E-state index in [1.54, 1.807) is 6.07 Å². The Hall–Kier alpha value is -1.61. The normalized spacial score (nSPS) is 10.2. The largest absolute Gasteiger partial charge is 0.365 e. The summed E-state index contributed by atoms with van der Waals surface area (Å²) in [5.74, 6) is -0.361. The van der Waals surface area contributed by atoms with Crippen LogP contribution in [-0.4, -0.2) is 5.91 Å². The maximum atomic E-state index is 11.0. The second-order valence-electron chi connectivity index (χ2n) is 3.34. The van der Waals surface area contributed by atoms with E-state index < -0.39 is 0 Å². The van der Waals surface area contributed by atoms with Crippen molar-refractivity contribution in [1.82, 2.24) is 0 Å². The Bertz CT molecular complexity index is 502. The minimum atomic E-state index is -0.361. The standard InChI is InChI=1S/C12H11NOS/c1-8-4-2-3-5-9(8)10-6-7-11(15-10)12(13)14/h2-7H,1H3,(H2,13,14). The molecular formula is C12H11NOS. The summed E-state index contributed by atoms with van der Waals surface area (Å²) in [5.41, 5.74) is 7.58. The van der Waals surface area contributed by atoms with E-state index in [4.69, 9.17) is 5.73 Å². The number of hydrogen-bond donors (Lipinski definition) is 1. The van der Waals surface area contributed by atoms with Gasteiger partial charge in [-0.1, -0.05) is 24.3 Å². The van der Waals surface area contributed by atoms with Crippen molar-refractivity contribution in [3.8, 4) is 10.4 Å². The number of rotatable bonds is 2. The number of thiophene rings is 1. The zero-order chi connectivity index (χ0) is 10.8. The lowest BCUT2D eigenvalue weighted by Crippen LogP contribution is -2.07. The second-order valence-corrected chi connectivity index (χ2v) is 4.43. The van der Waals surface area contributed by atoms with Gasteiger partial charge in [-0.15, -0.1) is 11.3 Å². The molecule has 0 saturated heterocycles. The van der Waals surface area contributed by atoms with Crippen LogP contribution in [0.1, 0.15) is 15.2 Å². The van der Waals surface area contributed by atoms with Crippen LogP contribution in [0.4, 0.5) is 0 Å². The molecule has 0 aliphatic carbocycles. The maximum Gasteiger partial charge on any atom is 0.258 e. The summed E-state index contributed by atoms with van der Waals surface area (Å²) in [6.45, 7) is 2.05. The first-order valence-electron chi connectivity index (χ1n) is 4.64. The average molecular weight is 217 g/mol. The molecule has 0 spiro atoms. The van der Waals surface area contributed by atoms with Crippen molar-refractivity contribution in [3.05, 3.63) is 46.8 Å². The Morgan fingerprint density at radius 3 is 2.53 bits per heavy atom. The van der Waals surface area contributed by atoms with Gasteiger partial charge in [0.1, 0.15) is 0 Å². The van der Waals surface area contributed by atoms with Gasteiger partial charge in [0.25, 0.3) is 5.91 Å². The number of aryl methyl sites for hydroxylation is 1. The number of amides is 1. The van der Waals surface area contributed by atoms with E-state index in [1.165, 1.54) is 16.9 Å². The molecule has 0 atom stereocenters. The molecule has 76 valence electrons. The summed E-state index contributed by atoms with van der Waals surface area (Å²) < 4.78 is 0. The van der Waals surface area contributed by atoms with Gasteiger partial charge in [-0.25, -0.2) is 0 Å². The molecule has 2 nitrogen and oxygen atoms in total. The molecule has 1 amide bonds. The minimum absolute atomic E-state index is 0.361. The number of hydrogen-bond acceptors (Lipinski definition) is 2. The highest BCUT2D eigenvalue weighted by atomic mass is 32.1. The SMILES string of the molecule is Cc1ccccc1-c1ccc(C(N)=O)s1. The fourth-order valence-corrected chi connectivity index (χ4v) is 2.41. The van der Waals surface area contributed by atoms with E-state index in [0.29, 0.717) is 4.88 Å². The van der Waals surface area contributed by atoms with Crippen LogP contribution in [0, 0.1) is 6.92 Å². The van der Waals surface area contributed by atoms with Gasteiger partial charge in [0.15, 0.2) is 0 Å². The number of carbonyl (C=O) groups excluding carboxylic acids is 1. The highest BCUT2D eigenvalue weighted by Crippen LogP contribution is 2.29. The number of nitrogens with two attached hydrogens (primary N) is 1. The molecule has 0 saturated carbocycles. The fourth-order valence-electron chi connectivity index (χ4n) is 1.46. The van der Waals surface area contributed by atoms with E-state index in [2.05, 4.69) is 13.0 Å². The van der Waals surface area contributed by atoms with Gasteiger partial charge in [0.2, 0.25) is 0 Å². The quantitative estimate of drug-likeness (QED) is 0.825. The highest BCUT2D eigenvalue weighted by molar-refractivity contribution is 7.17. The Balaban J connectivity index is 2.46. The molecule has 1 aromatic carbocycles. The smallest absolute Gasteiger partial charge is 0.258 e. The molecule has 2 N–H and O–H groups in total. The van der Waals surface area contributed by atoms with E-state index in [0.717, 1.165) is 10.4 Å². The topological polar surface area (TPSA) is 43.1 Å². The molecule has 0 aliphatic heterocycles. The van der Waals surface area contributed by atoms with E-state index >= 15 is 0 Å². The zero-order valence-corrected chi connectivity index (χ0v) is 9.17. The van der Waals surface area contributed by atoms with Crippen molar-refractivity contribution >= 4 is 17.2 Å². The third-order valence-electron chi connectivity index (χ3n) is 2.26. The zero-order valence-electron chi connectivity index (χ0n) is 8.36. The second kappa shape index (κ2) is 3.87. The fraction of sp³-hybridized carbons (Fsp3) is 0.0833. The molecule has 0 bridgehead atoms. The molecule has 0 unspecified atom stereocenters. The van der Waals surface area contributed by atoms with E-state index in [1.807, 2.05) is 24.3 Å². The third-order valence-corrected chi connectivity index (χ3v) is 3.39. The lowest BCUT2D eigenvalue weighted by atomic mass is 10.1. The predicted octanol–water partition coefficient (Wildman–Crippen LogP) is 2.82. The summed E-state index contributed by atoms with van der Waals surface area (Å²) in [6, 6.07) is 11.8. The van der Waals surface area contributed by atoms with Gasteiger partial charge in [-0.3, -0.25) is 4.79 Å². The molecular weight excluding hydrogens is 206 g/mol. The Kier molecular flexibility index (Phi) is 2.56. The summed E-state index contributed by atoms with van der Waals surface area (Å²) in [7, 11) is 0. The van der Waals surface area contributed by atoms with Crippen LogP contribution < -0.4 is 5.73 Å². The molecule has 0 radical (unpaired) electrons. The van der Waals surface area contributed by atoms with Crippen LogP contribution in [0.3, 0.4) is 0 Å². The molecule has 1 heterocycles. The van der Waals surface area contributed by atoms with E-state index in [-0.39, 0.29) is 5.91 Å². The molecule has 15 heavy (non-hydrogen) atoms. The number of carbonyl (C=O) groups is 1. The number of primary amides is 1. The van der Waals surface area contributed by atoms with Crippen LogP contribution in [-0.2, 0) is 0 Å². The highest BCUT2D eigenvalue weighted by Gasteiger charge is 2.07. The first-order valence-corrected chi connectivity index (χ1v) is 5.46. The van der Waals surface area contributed by atoms with Crippen LogP contribution in [0.25, 0.3) is 10.4 Å². The molecule has 2 aromatic rings. The third kappa shape index (κ3) is 1.92. The van der Waals surface area contributed by atoms with Gasteiger partial charge in [-0.2, -0.15) is 0 Å². The van der Waals surface area contributed by atoms with Crippen molar-refractivity contribution in [2.45, 2.75) is 6.92 Å². The van der Waals surface area contributed by atoms with Crippen LogP contribution in [0.2, 0.25) is 0 Å². The van der Waals surface area contributed by atoms with Crippen LogP contribution in [0.15, 0.2) is 36.4 Å². The van der Waals surface area contributed by atoms with Crippen molar-refractivity contribution < 1.29 is 4.79 Å². The summed E-state index contributed by atoms with van der Waals surface area (Å²) in [5, 5.41) is 0. The summed E-state index contributed by atoms with van der Waals surface area (Å²) >= 11 is 1.43. The monoisotopic (exact) mass is 217 g/mol. The number of benzene rings is 1. The van der Waals surface area contributed by atoms with Crippen LogP contribution >= 0.6 is 11.3 Å². The van der Waals surface area contributed by atoms with Crippen molar-refractivity contribution in [2.24, 2.45) is 5.73 Å². The van der Waals surface area contributed by atoms with Crippen molar-refractivity contribution in [1.29, 1.82) is 0 Å². The average Bonchev–Trinajstić information content (AvgIpc) is 2.67. The van der Waals surface area contributed by atoms with Gasteiger partial charge >= 0.3 is 0 Å². The first kappa shape index (κ1) is 9.93. The molecule has 0 aliphatic rings. The molecule has 1 aromatic heterocycles. The first-order chi connectivity index (χ1) is 7.18. The van der Waals surface area contributed by atoms with Crippen LogP contribution in [0.5, 0.6) is 0 Å². The van der Waals surface area contributed by atoms with Gasteiger partial charge < -0.3 is 5.73 Å². The van der Waals surface area contributed by atoms with Crippen molar-refractivity contribution in [2.75, 3.05) is 0 Å². The molecule has 3 heteroatoms. The lowest BCUT2D eigenvalue weighted by Gasteiger charge is -2.00. The molecule has 0 fully saturated rings. The minimum Gasteiger partial charge on any atom is -0.365 e. The summed E-state index contributed by atoms with van der Waals surface area (Å²) in [4.78, 5) is 12.7. The van der Waals surface area contributed by atoms with Gasteiger partial charge in [0.05, 0.1) is 4.88 Å². The molecule has 2 rings (SSSR count).